The highest BCUT2D eigenvalue weighted by Crippen LogP contribution is 2.18. The van der Waals surface area contributed by atoms with Gasteiger partial charge >= 0.3 is 0 Å². The van der Waals surface area contributed by atoms with E-state index < -0.39 is 0 Å². The number of piperazine rings is 1. The van der Waals surface area contributed by atoms with Crippen molar-refractivity contribution in [1.82, 2.24) is 4.90 Å². The molecule has 2 aromatic carbocycles. The van der Waals surface area contributed by atoms with Crippen LogP contribution in [0.4, 0.5) is 10.1 Å². The Bertz CT molecular complexity index is 712. The molecule has 1 aliphatic rings. The van der Waals surface area contributed by atoms with Gasteiger partial charge in [-0.15, -0.1) is 11.8 Å². The van der Waals surface area contributed by atoms with Crippen LogP contribution in [0, 0.1) is 12.7 Å². The van der Waals surface area contributed by atoms with Crippen LogP contribution in [0.1, 0.15) is 11.1 Å². The molecule has 1 saturated heterocycles. The predicted molar refractivity (Wildman–Crippen MR) is 103 cm³/mol. The molecular formula is C20H23FN2OS. The van der Waals surface area contributed by atoms with Crippen LogP contribution in [-0.4, -0.2) is 42.7 Å². The summed E-state index contributed by atoms with van der Waals surface area (Å²) in [6.45, 7) is 5.11. The predicted octanol–water partition coefficient (Wildman–Crippen LogP) is 3.72. The van der Waals surface area contributed by atoms with Gasteiger partial charge in [-0.25, -0.2) is 4.39 Å². The molecule has 1 aliphatic heterocycles. The lowest BCUT2D eigenvalue weighted by molar-refractivity contribution is -0.128. The second kappa shape index (κ2) is 8.39. The lowest BCUT2D eigenvalue weighted by atomic mass is 10.2. The number of benzene rings is 2. The van der Waals surface area contributed by atoms with Gasteiger partial charge < -0.3 is 9.80 Å². The van der Waals surface area contributed by atoms with Crippen LogP contribution in [-0.2, 0) is 10.5 Å². The van der Waals surface area contributed by atoms with Crippen LogP contribution in [0.3, 0.4) is 0 Å². The molecule has 0 radical (unpaired) electrons. The van der Waals surface area contributed by atoms with Gasteiger partial charge in [0.2, 0.25) is 5.91 Å². The number of carbonyl (C=O) groups excluding carboxylic acids is 1. The Morgan fingerprint density at radius 3 is 2.48 bits per heavy atom. The zero-order valence-electron chi connectivity index (χ0n) is 14.5. The van der Waals surface area contributed by atoms with E-state index in [1.807, 2.05) is 4.90 Å². The van der Waals surface area contributed by atoms with Gasteiger partial charge in [-0.1, -0.05) is 29.8 Å². The van der Waals surface area contributed by atoms with Crippen molar-refractivity contribution in [3.8, 4) is 0 Å². The second-order valence-electron chi connectivity index (χ2n) is 6.33. The minimum Gasteiger partial charge on any atom is -0.368 e. The van der Waals surface area contributed by atoms with Gasteiger partial charge in [-0.2, -0.15) is 0 Å². The van der Waals surface area contributed by atoms with Crippen LogP contribution in [0.5, 0.6) is 0 Å². The molecule has 0 atom stereocenters. The molecular weight excluding hydrogens is 335 g/mol. The molecule has 3 nitrogen and oxygen atoms in total. The molecule has 0 N–H and O–H groups in total. The standard InChI is InChI=1S/C20H23FN2OS/c1-16-3-2-4-17(13-16)14-25-15-20(24)23-11-9-22(10-12-23)19-7-5-18(21)6-8-19/h2-8,13H,9-12,14-15H2,1H3. The number of amides is 1. The number of hydrogen-bond donors (Lipinski definition) is 0. The van der Waals surface area contributed by atoms with Crippen molar-refractivity contribution in [2.45, 2.75) is 12.7 Å². The smallest absolute Gasteiger partial charge is 0.232 e. The van der Waals surface area contributed by atoms with Gasteiger partial charge in [0.05, 0.1) is 5.75 Å². The molecule has 1 amide bonds. The maximum absolute atomic E-state index is 13.0. The third-order valence-electron chi connectivity index (χ3n) is 4.40. The highest BCUT2D eigenvalue weighted by atomic mass is 32.2. The molecule has 5 heteroatoms. The average molecular weight is 358 g/mol. The van der Waals surface area contributed by atoms with E-state index >= 15 is 0 Å². The first-order valence-corrected chi connectivity index (χ1v) is 9.69. The molecule has 0 aliphatic carbocycles. The normalized spacial score (nSPS) is 14.6. The van der Waals surface area contributed by atoms with Crippen molar-refractivity contribution in [3.63, 3.8) is 0 Å². The van der Waals surface area contributed by atoms with E-state index in [-0.39, 0.29) is 11.7 Å². The quantitative estimate of drug-likeness (QED) is 0.814. The lowest BCUT2D eigenvalue weighted by Crippen LogP contribution is -2.49. The summed E-state index contributed by atoms with van der Waals surface area (Å²) < 4.78 is 13.0. The van der Waals surface area contributed by atoms with Crippen molar-refractivity contribution < 1.29 is 9.18 Å². The number of rotatable bonds is 5. The SMILES string of the molecule is Cc1cccc(CSCC(=O)N2CCN(c3ccc(F)cc3)CC2)c1. The molecule has 0 bridgehead atoms. The Morgan fingerprint density at radius 2 is 1.80 bits per heavy atom. The highest BCUT2D eigenvalue weighted by Gasteiger charge is 2.21. The lowest BCUT2D eigenvalue weighted by Gasteiger charge is -2.36. The molecule has 0 aromatic heterocycles. The fourth-order valence-corrected chi connectivity index (χ4v) is 3.89. The summed E-state index contributed by atoms with van der Waals surface area (Å²) in [5.74, 6) is 1.37. The van der Waals surface area contributed by atoms with Crippen molar-refractivity contribution in [3.05, 3.63) is 65.5 Å². The van der Waals surface area contributed by atoms with E-state index in [4.69, 9.17) is 0 Å². The third kappa shape index (κ3) is 4.98. The summed E-state index contributed by atoms with van der Waals surface area (Å²) in [4.78, 5) is 16.5. The summed E-state index contributed by atoms with van der Waals surface area (Å²) in [6.07, 6.45) is 0. The highest BCUT2D eigenvalue weighted by molar-refractivity contribution is 7.99. The van der Waals surface area contributed by atoms with Gasteiger partial charge in [0, 0.05) is 37.6 Å². The van der Waals surface area contributed by atoms with E-state index in [9.17, 15) is 9.18 Å². The van der Waals surface area contributed by atoms with Gasteiger partial charge in [0.1, 0.15) is 5.82 Å². The van der Waals surface area contributed by atoms with Crippen LogP contribution in [0.15, 0.2) is 48.5 Å². The zero-order chi connectivity index (χ0) is 17.6. The molecule has 0 unspecified atom stereocenters. The Hall–Kier alpha value is -2.01. The van der Waals surface area contributed by atoms with Crippen LogP contribution < -0.4 is 4.90 Å². The van der Waals surface area contributed by atoms with Crippen molar-refractivity contribution >= 4 is 23.4 Å². The second-order valence-corrected chi connectivity index (χ2v) is 7.31. The molecule has 0 saturated carbocycles. The first-order valence-electron chi connectivity index (χ1n) is 8.53. The van der Waals surface area contributed by atoms with Gasteiger partial charge in [0.25, 0.3) is 0 Å². The Morgan fingerprint density at radius 1 is 1.08 bits per heavy atom. The van der Waals surface area contributed by atoms with Crippen LogP contribution in [0.25, 0.3) is 0 Å². The van der Waals surface area contributed by atoms with Gasteiger partial charge in [-0.3, -0.25) is 4.79 Å². The summed E-state index contributed by atoms with van der Waals surface area (Å²) in [5, 5.41) is 0. The average Bonchev–Trinajstić information content (AvgIpc) is 2.62. The maximum atomic E-state index is 13.0. The number of hydrogen-bond acceptors (Lipinski definition) is 3. The Labute approximate surface area is 152 Å². The van der Waals surface area contributed by atoms with Gasteiger partial charge in [0.15, 0.2) is 0 Å². The monoisotopic (exact) mass is 358 g/mol. The van der Waals surface area contributed by atoms with E-state index in [1.165, 1.54) is 23.3 Å². The molecule has 25 heavy (non-hydrogen) atoms. The third-order valence-corrected chi connectivity index (χ3v) is 5.39. The molecule has 2 aromatic rings. The number of thioether (sulfide) groups is 1. The molecule has 1 fully saturated rings. The number of halogens is 1. The van der Waals surface area contributed by atoms with E-state index in [0.29, 0.717) is 5.75 Å². The minimum absolute atomic E-state index is 0.205. The van der Waals surface area contributed by atoms with Crippen molar-refractivity contribution in [1.29, 1.82) is 0 Å². The fraction of sp³-hybridized carbons (Fsp3) is 0.350. The summed E-state index contributed by atoms with van der Waals surface area (Å²) in [6, 6.07) is 15.0. The van der Waals surface area contributed by atoms with Crippen LogP contribution in [0.2, 0.25) is 0 Å². The number of carbonyl (C=O) groups is 1. The van der Waals surface area contributed by atoms with E-state index in [1.54, 1.807) is 23.9 Å². The largest absolute Gasteiger partial charge is 0.368 e. The Kier molecular flexibility index (Phi) is 5.97. The first kappa shape index (κ1) is 17.8. The molecule has 0 spiro atoms. The van der Waals surface area contributed by atoms with E-state index in [2.05, 4.69) is 36.1 Å². The molecule has 3 rings (SSSR count). The fourth-order valence-electron chi connectivity index (χ4n) is 3.02. The number of aryl methyl sites for hydroxylation is 1. The first-order chi connectivity index (χ1) is 12.1. The van der Waals surface area contributed by atoms with Crippen molar-refractivity contribution in [2.24, 2.45) is 0 Å². The zero-order valence-corrected chi connectivity index (χ0v) is 15.3. The van der Waals surface area contributed by atoms with Gasteiger partial charge in [-0.05, 0) is 36.8 Å². The maximum Gasteiger partial charge on any atom is 0.232 e. The number of anilines is 1. The number of nitrogens with zero attached hydrogens (tertiary/aromatic N) is 2. The molecule has 132 valence electrons. The summed E-state index contributed by atoms with van der Waals surface area (Å²) in [5.41, 5.74) is 3.53. The topological polar surface area (TPSA) is 23.6 Å². The molecule has 1 heterocycles. The van der Waals surface area contributed by atoms with Crippen molar-refractivity contribution in [2.75, 3.05) is 36.8 Å². The minimum atomic E-state index is -0.219. The van der Waals surface area contributed by atoms with Crippen LogP contribution >= 0.6 is 11.8 Å². The Balaban J connectivity index is 1.43. The van der Waals surface area contributed by atoms with E-state index in [0.717, 1.165) is 37.6 Å². The summed E-state index contributed by atoms with van der Waals surface area (Å²) in [7, 11) is 0. The summed E-state index contributed by atoms with van der Waals surface area (Å²) >= 11 is 1.67.